The Balaban J connectivity index is 1.86. The van der Waals surface area contributed by atoms with Crippen LogP contribution in [0.25, 0.3) is 0 Å². The van der Waals surface area contributed by atoms with Crippen molar-refractivity contribution in [3.8, 4) is 0 Å². The number of ether oxygens (including phenoxy) is 1. The lowest BCUT2D eigenvalue weighted by Crippen LogP contribution is -2.44. The predicted molar refractivity (Wildman–Crippen MR) is 79.8 cm³/mol. The number of amides is 1. The van der Waals surface area contributed by atoms with Gasteiger partial charge in [0.1, 0.15) is 5.92 Å². The summed E-state index contributed by atoms with van der Waals surface area (Å²) in [6, 6.07) is 7.16. The summed E-state index contributed by atoms with van der Waals surface area (Å²) in [6.07, 6.45) is 2.97. The zero-order chi connectivity index (χ0) is 15.2. The van der Waals surface area contributed by atoms with Crippen molar-refractivity contribution < 1.29 is 19.4 Å². The Morgan fingerprint density at radius 1 is 1.43 bits per heavy atom. The highest BCUT2D eigenvalue weighted by molar-refractivity contribution is 9.10. The molecule has 2 heterocycles. The molecule has 0 spiro atoms. The number of nitrogens with one attached hydrogen (secondary N) is 1. The third-order valence-corrected chi connectivity index (χ3v) is 4.49. The number of hydrogen-bond donors (Lipinski definition) is 2. The van der Waals surface area contributed by atoms with Gasteiger partial charge in [0.2, 0.25) is 5.91 Å². The molecule has 1 amide bonds. The van der Waals surface area contributed by atoms with E-state index in [-0.39, 0.29) is 5.91 Å². The fraction of sp³-hybridized carbons (Fsp3) is 0.333. The summed E-state index contributed by atoms with van der Waals surface area (Å²) in [4.78, 5) is 24.0. The Morgan fingerprint density at radius 2 is 2.19 bits per heavy atom. The van der Waals surface area contributed by atoms with E-state index in [1.807, 2.05) is 6.07 Å². The van der Waals surface area contributed by atoms with Crippen LogP contribution in [0.5, 0.6) is 0 Å². The van der Waals surface area contributed by atoms with Crippen molar-refractivity contribution in [1.82, 2.24) is 0 Å². The van der Waals surface area contributed by atoms with Gasteiger partial charge in [0.15, 0.2) is 0 Å². The molecule has 0 aromatic heterocycles. The molecule has 1 aromatic rings. The SMILES string of the molecule is C[C@@]12C=C[C@@H](O1)[C@@H](C(=O)O)[C@@H]2C(=O)Nc1cccc(Br)c1. The average molecular weight is 352 g/mol. The van der Waals surface area contributed by atoms with Gasteiger partial charge in [-0.2, -0.15) is 0 Å². The summed E-state index contributed by atoms with van der Waals surface area (Å²) in [7, 11) is 0. The van der Waals surface area contributed by atoms with Crippen LogP contribution in [0.2, 0.25) is 0 Å². The van der Waals surface area contributed by atoms with Crippen LogP contribution in [0.1, 0.15) is 6.92 Å². The lowest BCUT2D eigenvalue weighted by atomic mass is 9.75. The normalized spacial score (nSPS) is 33.1. The largest absolute Gasteiger partial charge is 0.481 e. The fourth-order valence-corrected chi connectivity index (χ4v) is 3.47. The molecule has 2 N–H and O–H groups in total. The molecule has 4 atom stereocenters. The molecule has 0 unspecified atom stereocenters. The number of anilines is 1. The third kappa shape index (κ3) is 2.38. The van der Waals surface area contributed by atoms with Crippen molar-refractivity contribution in [2.75, 3.05) is 5.32 Å². The molecule has 0 aliphatic carbocycles. The Bertz CT molecular complexity index is 644. The minimum Gasteiger partial charge on any atom is -0.481 e. The number of carbonyl (C=O) groups excluding carboxylic acids is 1. The lowest BCUT2D eigenvalue weighted by Gasteiger charge is -2.27. The van der Waals surface area contributed by atoms with Crippen LogP contribution in [0, 0.1) is 11.8 Å². The van der Waals surface area contributed by atoms with Crippen LogP contribution in [0.3, 0.4) is 0 Å². The Morgan fingerprint density at radius 3 is 2.86 bits per heavy atom. The fourth-order valence-electron chi connectivity index (χ4n) is 3.07. The van der Waals surface area contributed by atoms with Gasteiger partial charge in [-0.3, -0.25) is 9.59 Å². The molecule has 21 heavy (non-hydrogen) atoms. The molecule has 110 valence electrons. The van der Waals surface area contributed by atoms with E-state index in [1.165, 1.54) is 0 Å². The van der Waals surface area contributed by atoms with E-state index in [4.69, 9.17) is 4.74 Å². The van der Waals surface area contributed by atoms with Gasteiger partial charge in [-0.05, 0) is 25.1 Å². The zero-order valence-corrected chi connectivity index (χ0v) is 12.8. The van der Waals surface area contributed by atoms with E-state index in [1.54, 1.807) is 37.3 Å². The Hall–Kier alpha value is -1.66. The van der Waals surface area contributed by atoms with Crippen LogP contribution < -0.4 is 5.32 Å². The number of halogens is 1. The van der Waals surface area contributed by atoms with Gasteiger partial charge >= 0.3 is 5.97 Å². The second kappa shape index (κ2) is 4.96. The van der Waals surface area contributed by atoms with Crippen LogP contribution in [-0.2, 0) is 14.3 Å². The van der Waals surface area contributed by atoms with E-state index >= 15 is 0 Å². The minimum absolute atomic E-state index is 0.338. The number of hydrogen-bond acceptors (Lipinski definition) is 3. The number of carboxylic acids is 1. The molecular weight excluding hydrogens is 338 g/mol. The van der Waals surface area contributed by atoms with Crippen LogP contribution >= 0.6 is 15.9 Å². The summed E-state index contributed by atoms with van der Waals surface area (Å²) >= 11 is 3.33. The zero-order valence-electron chi connectivity index (χ0n) is 11.2. The Labute approximate surface area is 130 Å². The maximum absolute atomic E-state index is 12.5. The molecule has 1 aromatic carbocycles. The van der Waals surface area contributed by atoms with Gasteiger partial charge < -0.3 is 15.2 Å². The van der Waals surface area contributed by atoms with Crippen LogP contribution in [0.15, 0.2) is 40.9 Å². The number of rotatable bonds is 3. The summed E-state index contributed by atoms with van der Waals surface area (Å²) in [6.45, 7) is 1.75. The van der Waals surface area contributed by atoms with Crippen molar-refractivity contribution in [2.24, 2.45) is 11.8 Å². The maximum Gasteiger partial charge on any atom is 0.310 e. The van der Waals surface area contributed by atoms with Gasteiger partial charge in [-0.25, -0.2) is 0 Å². The number of carboxylic acid groups (broad SMARTS) is 1. The summed E-state index contributed by atoms with van der Waals surface area (Å²) in [5.41, 5.74) is -0.238. The highest BCUT2D eigenvalue weighted by atomic mass is 79.9. The molecule has 3 rings (SSSR count). The molecule has 6 heteroatoms. The molecule has 2 aliphatic heterocycles. The molecule has 0 saturated carbocycles. The number of carbonyl (C=O) groups is 2. The molecule has 1 fully saturated rings. The van der Waals surface area contributed by atoms with Crippen molar-refractivity contribution >= 4 is 33.5 Å². The second-order valence-corrected chi connectivity index (χ2v) is 6.38. The van der Waals surface area contributed by atoms with Gasteiger partial charge in [0, 0.05) is 10.2 Å². The van der Waals surface area contributed by atoms with Crippen LogP contribution in [0.4, 0.5) is 5.69 Å². The van der Waals surface area contributed by atoms with Crippen molar-refractivity contribution in [3.63, 3.8) is 0 Å². The minimum atomic E-state index is -1.01. The molecular formula is C15H14BrNO4. The monoisotopic (exact) mass is 351 g/mol. The first kappa shape index (κ1) is 14.3. The topological polar surface area (TPSA) is 75.6 Å². The van der Waals surface area contributed by atoms with Gasteiger partial charge in [-0.15, -0.1) is 0 Å². The number of benzene rings is 1. The van der Waals surface area contributed by atoms with Crippen molar-refractivity contribution in [3.05, 3.63) is 40.9 Å². The first-order chi connectivity index (χ1) is 9.90. The maximum atomic E-state index is 12.5. The first-order valence-corrected chi connectivity index (χ1v) is 7.36. The third-order valence-electron chi connectivity index (χ3n) is 4.00. The highest BCUT2D eigenvalue weighted by Gasteiger charge is 2.59. The van der Waals surface area contributed by atoms with Crippen molar-refractivity contribution in [1.29, 1.82) is 0 Å². The van der Waals surface area contributed by atoms with Gasteiger partial charge in [0.25, 0.3) is 0 Å². The lowest BCUT2D eigenvalue weighted by molar-refractivity contribution is -0.146. The number of aliphatic carboxylic acids is 1. The van der Waals surface area contributed by atoms with E-state index in [2.05, 4.69) is 21.2 Å². The number of fused-ring (bicyclic) bond motifs is 2. The van der Waals surface area contributed by atoms with Crippen molar-refractivity contribution in [2.45, 2.75) is 18.6 Å². The highest BCUT2D eigenvalue weighted by Crippen LogP contribution is 2.47. The molecule has 5 nitrogen and oxygen atoms in total. The Kier molecular flexibility index (Phi) is 3.37. The molecule has 2 aliphatic rings. The molecule has 0 radical (unpaired) electrons. The summed E-state index contributed by atoms with van der Waals surface area (Å²) < 4.78 is 6.51. The quantitative estimate of drug-likeness (QED) is 0.820. The summed E-state index contributed by atoms with van der Waals surface area (Å²) in [5.74, 6) is -2.95. The van der Waals surface area contributed by atoms with Gasteiger partial charge in [0.05, 0.1) is 17.6 Å². The second-order valence-electron chi connectivity index (χ2n) is 5.47. The predicted octanol–water partition coefficient (Wildman–Crippen LogP) is 2.43. The van der Waals surface area contributed by atoms with Gasteiger partial charge in [-0.1, -0.05) is 34.1 Å². The van der Waals surface area contributed by atoms with E-state index < -0.39 is 29.5 Å². The molecule has 2 bridgehead atoms. The van der Waals surface area contributed by atoms with E-state index in [0.717, 1.165) is 4.47 Å². The standard InChI is InChI=1S/C15H14BrNO4/c1-15-6-5-10(21-15)11(14(19)20)12(15)13(18)17-9-4-2-3-8(16)7-9/h2-7,10-12H,1H3,(H,17,18)(H,19,20)/t10-,11-,12-,15+/m1/s1. The summed E-state index contributed by atoms with van der Waals surface area (Å²) in [5, 5.41) is 12.2. The van der Waals surface area contributed by atoms with E-state index in [0.29, 0.717) is 5.69 Å². The van der Waals surface area contributed by atoms with Crippen LogP contribution in [-0.4, -0.2) is 28.7 Å². The smallest absolute Gasteiger partial charge is 0.310 e. The molecule has 1 saturated heterocycles. The van der Waals surface area contributed by atoms with E-state index in [9.17, 15) is 14.7 Å². The average Bonchev–Trinajstić information content (AvgIpc) is 2.91. The first-order valence-electron chi connectivity index (χ1n) is 6.57.